The molecule has 4 atom stereocenters. The highest BCUT2D eigenvalue weighted by Gasteiger charge is 2.32. The van der Waals surface area contributed by atoms with Crippen LogP contribution in [0.25, 0.3) is 0 Å². The lowest BCUT2D eigenvalue weighted by Crippen LogP contribution is -2.58. The van der Waals surface area contributed by atoms with E-state index in [0.29, 0.717) is 0 Å². The zero-order chi connectivity index (χ0) is 28.3. The Morgan fingerprint density at radius 2 is 1.24 bits per heavy atom. The number of hydrogen-bond acceptors (Lipinski definition) is 7. The molecule has 0 aliphatic rings. The van der Waals surface area contributed by atoms with Gasteiger partial charge in [0.1, 0.15) is 17.7 Å². The van der Waals surface area contributed by atoms with Gasteiger partial charge in [-0.1, -0.05) is 60.7 Å². The number of methoxy groups -OCH3 is 1. The summed E-state index contributed by atoms with van der Waals surface area (Å²) in [6, 6.07) is 14.5. The second kappa shape index (κ2) is 14.1. The summed E-state index contributed by atoms with van der Waals surface area (Å²) in [5, 5.41) is 17.8. The molecule has 38 heavy (non-hydrogen) atoms. The van der Waals surface area contributed by atoms with Crippen molar-refractivity contribution in [2.45, 2.75) is 70.4 Å². The fourth-order valence-electron chi connectivity index (χ4n) is 3.60. The van der Waals surface area contributed by atoms with Gasteiger partial charge in [-0.3, -0.25) is 9.59 Å². The van der Waals surface area contributed by atoms with Gasteiger partial charge in [0.25, 0.3) is 0 Å². The summed E-state index contributed by atoms with van der Waals surface area (Å²) in [7, 11) is 1.14. The van der Waals surface area contributed by atoms with E-state index in [2.05, 4.69) is 20.7 Å². The van der Waals surface area contributed by atoms with Crippen molar-refractivity contribution < 1.29 is 33.8 Å². The van der Waals surface area contributed by atoms with E-state index in [0.717, 1.165) is 18.2 Å². The first-order valence-corrected chi connectivity index (χ1v) is 12.3. The van der Waals surface area contributed by atoms with E-state index in [-0.39, 0.29) is 12.8 Å². The van der Waals surface area contributed by atoms with E-state index < -0.39 is 53.7 Å². The van der Waals surface area contributed by atoms with Crippen LogP contribution < -0.4 is 16.0 Å². The van der Waals surface area contributed by atoms with Gasteiger partial charge in [-0.05, 0) is 38.8 Å². The number of esters is 1. The first-order valence-electron chi connectivity index (χ1n) is 12.3. The van der Waals surface area contributed by atoms with Crippen LogP contribution in [-0.2, 0) is 36.7 Å². The molecule has 3 amide bonds. The summed E-state index contributed by atoms with van der Waals surface area (Å²) >= 11 is 0. The highest BCUT2D eigenvalue weighted by molar-refractivity contribution is 5.93. The van der Waals surface area contributed by atoms with Crippen molar-refractivity contribution in [3.63, 3.8) is 0 Å². The maximum absolute atomic E-state index is 13.5. The lowest BCUT2D eigenvalue weighted by atomic mass is 10.0. The molecule has 0 aliphatic carbocycles. The monoisotopic (exact) mass is 527 g/mol. The normalized spacial score (nSPS) is 14.3. The fraction of sp³-hybridized carbons (Fsp3) is 0.429. The van der Waals surface area contributed by atoms with Crippen molar-refractivity contribution in [2.75, 3.05) is 7.11 Å². The molecule has 0 bridgehead atoms. The van der Waals surface area contributed by atoms with Gasteiger partial charge < -0.3 is 30.5 Å². The standard InChI is InChI=1S/C28H37N3O7/c1-18(32)23(26(35)37-5)31-25(34)21(16-19-12-8-6-9-13-19)29-24(33)22(17-20-14-10-7-11-15-20)30-27(36)38-28(2,3)4/h6-15,18,21-23,32H,16-17H2,1-5H3,(H,29,33)(H,30,36)(H,31,34). The number of rotatable bonds is 11. The Balaban J connectivity index is 2.30. The minimum absolute atomic E-state index is 0.0939. The SMILES string of the molecule is COC(=O)C(NC(=O)C(Cc1ccccc1)NC(=O)C(Cc1ccccc1)NC(=O)OC(C)(C)C)C(C)O. The first kappa shape index (κ1) is 30.3. The molecule has 10 nitrogen and oxygen atoms in total. The predicted octanol–water partition coefficient (Wildman–Crippen LogP) is 1.89. The molecule has 10 heteroatoms. The number of carbonyl (C=O) groups is 4. The molecule has 0 aliphatic heterocycles. The highest BCUT2D eigenvalue weighted by Crippen LogP contribution is 2.10. The number of amides is 3. The Morgan fingerprint density at radius 1 is 0.789 bits per heavy atom. The second-order valence-electron chi connectivity index (χ2n) is 9.89. The smallest absolute Gasteiger partial charge is 0.408 e. The van der Waals surface area contributed by atoms with Crippen LogP contribution >= 0.6 is 0 Å². The Bertz CT molecular complexity index is 1070. The zero-order valence-corrected chi connectivity index (χ0v) is 22.4. The van der Waals surface area contributed by atoms with E-state index >= 15 is 0 Å². The summed E-state index contributed by atoms with van der Waals surface area (Å²) in [4.78, 5) is 51.3. The van der Waals surface area contributed by atoms with Crippen molar-refractivity contribution in [3.05, 3.63) is 71.8 Å². The molecule has 206 valence electrons. The van der Waals surface area contributed by atoms with Gasteiger partial charge in [-0.2, -0.15) is 0 Å². The summed E-state index contributed by atoms with van der Waals surface area (Å²) in [5.41, 5.74) is 0.754. The van der Waals surface area contributed by atoms with Crippen LogP contribution in [0, 0.1) is 0 Å². The van der Waals surface area contributed by atoms with Crippen LogP contribution in [0.15, 0.2) is 60.7 Å². The molecular formula is C28H37N3O7. The quantitative estimate of drug-likeness (QED) is 0.327. The molecule has 0 radical (unpaired) electrons. The van der Waals surface area contributed by atoms with Crippen LogP contribution in [0.4, 0.5) is 4.79 Å². The molecule has 0 spiro atoms. The summed E-state index contributed by atoms with van der Waals surface area (Å²) in [6.45, 7) is 6.46. The third kappa shape index (κ3) is 10.2. The Hall–Kier alpha value is -3.92. The second-order valence-corrected chi connectivity index (χ2v) is 9.89. The number of carbonyl (C=O) groups excluding carboxylic acids is 4. The number of aliphatic hydroxyl groups is 1. The average molecular weight is 528 g/mol. The van der Waals surface area contributed by atoms with Gasteiger partial charge in [0, 0.05) is 12.8 Å². The maximum Gasteiger partial charge on any atom is 0.408 e. The first-order chi connectivity index (χ1) is 17.9. The topological polar surface area (TPSA) is 143 Å². The summed E-state index contributed by atoms with van der Waals surface area (Å²) < 4.78 is 10.0. The van der Waals surface area contributed by atoms with Crippen LogP contribution in [0.1, 0.15) is 38.8 Å². The number of alkyl carbamates (subject to hydrolysis) is 1. The largest absolute Gasteiger partial charge is 0.467 e. The number of nitrogens with one attached hydrogen (secondary N) is 3. The fourth-order valence-corrected chi connectivity index (χ4v) is 3.60. The minimum atomic E-state index is -1.33. The Morgan fingerprint density at radius 3 is 1.66 bits per heavy atom. The van der Waals surface area contributed by atoms with Crippen LogP contribution in [0.3, 0.4) is 0 Å². The van der Waals surface area contributed by atoms with Gasteiger partial charge >= 0.3 is 12.1 Å². The molecule has 0 saturated carbocycles. The molecule has 2 aromatic rings. The number of benzene rings is 2. The molecule has 4 N–H and O–H groups in total. The molecule has 0 heterocycles. The van der Waals surface area contributed by atoms with E-state index in [4.69, 9.17) is 4.74 Å². The van der Waals surface area contributed by atoms with Crippen LogP contribution in [-0.4, -0.2) is 65.9 Å². The van der Waals surface area contributed by atoms with Crippen LogP contribution in [0.2, 0.25) is 0 Å². The van der Waals surface area contributed by atoms with Gasteiger partial charge in [-0.25, -0.2) is 9.59 Å². The Labute approximate surface area is 223 Å². The molecule has 2 aromatic carbocycles. The van der Waals surface area contributed by atoms with Crippen molar-refractivity contribution in [2.24, 2.45) is 0 Å². The van der Waals surface area contributed by atoms with Crippen molar-refractivity contribution in [3.8, 4) is 0 Å². The number of aliphatic hydroxyl groups excluding tert-OH is 1. The molecule has 0 fully saturated rings. The molecular weight excluding hydrogens is 490 g/mol. The third-order valence-electron chi connectivity index (χ3n) is 5.44. The zero-order valence-electron chi connectivity index (χ0n) is 22.4. The molecule has 2 rings (SSSR count). The lowest BCUT2D eigenvalue weighted by molar-refractivity contribution is -0.148. The van der Waals surface area contributed by atoms with E-state index in [9.17, 15) is 24.3 Å². The van der Waals surface area contributed by atoms with Gasteiger partial charge in [-0.15, -0.1) is 0 Å². The molecule has 0 saturated heterocycles. The number of hydrogen-bond donors (Lipinski definition) is 4. The van der Waals surface area contributed by atoms with Gasteiger partial charge in [0.15, 0.2) is 6.04 Å². The van der Waals surface area contributed by atoms with Gasteiger partial charge in [0.05, 0.1) is 13.2 Å². The molecule has 4 unspecified atom stereocenters. The average Bonchev–Trinajstić information content (AvgIpc) is 2.85. The van der Waals surface area contributed by atoms with Crippen LogP contribution in [0.5, 0.6) is 0 Å². The third-order valence-corrected chi connectivity index (χ3v) is 5.44. The van der Waals surface area contributed by atoms with Crippen molar-refractivity contribution in [1.29, 1.82) is 0 Å². The Kier molecular flexibility index (Phi) is 11.3. The number of ether oxygens (including phenoxy) is 2. The van der Waals surface area contributed by atoms with Crippen molar-refractivity contribution in [1.82, 2.24) is 16.0 Å². The predicted molar refractivity (Wildman–Crippen MR) is 141 cm³/mol. The summed E-state index contributed by atoms with van der Waals surface area (Å²) in [5.74, 6) is -2.15. The van der Waals surface area contributed by atoms with Crippen molar-refractivity contribution >= 4 is 23.9 Å². The van der Waals surface area contributed by atoms with E-state index in [1.807, 2.05) is 36.4 Å². The van der Waals surface area contributed by atoms with Gasteiger partial charge in [0.2, 0.25) is 11.8 Å². The van der Waals surface area contributed by atoms with E-state index in [1.165, 1.54) is 6.92 Å². The minimum Gasteiger partial charge on any atom is -0.467 e. The lowest BCUT2D eigenvalue weighted by Gasteiger charge is -2.27. The molecule has 0 aromatic heterocycles. The maximum atomic E-state index is 13.5. The van der Waals surface area contributed by atoms with E-state index in [1.54, 1.807) is 45.0 Å². The highest BCUT2D eigenvalue weighted by atomic mass is 16.6. The summed E-state index contributed by atoms with van der Waals surface area (Å²) in [6.07, 6.45) is -1.78.